The van der Waals surface area contributed by atoms with E-state index in [0.29, 0.717) is 0 Å². The van der Waals surface area contributed by atoms with Gasteiger partial charge in [0.2, 0.25) is 0 Å². The summed E-state index contributed by atoms with van der Waals surface area (Å²) >= 11 is 11.6. The van der Waals surface area contributed by atoms with Gasteiger partial charge in [-0.05, 0) is 64.1 Å². The minimum Gasteiger partial charge on any atom is -0.0843 e. The second-order valence-corrected chi connectivity index (χ2v) is 7.38. The summed E-state index contributed by atoms with van der Waals surface area (Å²) in [5.41, 5.74) is 8.04. The van der Waals surface area contributed by atoms with Gasteiger partial charge in [0.15, 0.2) is 0 Å². The summed E-state index contributed by atoms with van der Waals surface area (Å²) < 4.78 is 0. The van der Waals surface area contributed by atoms with E-state index >= 15 is 0 Å². The van der Waals surface area contributed by atoms with Crippen molar-refractivity contribution in [2.75, 3.05) is 0 Å². The minimum absolute atomic E-state index is 0.753. The lowest BCUT2D eigenvalue weighted by molar-refractivity contribution is 1.26. The fourth-order valence-electron chi connectivity index (χ4n) is 3.36. The van der Waals surface area contributed by atoms with Crippen molar-refractivity contribution < 1.29 is 0 Å². The quantitative estimate of drug-likeness (QED) is 0.273. The second kappa shape index (κ2) is 8.00. The summed E-state index contributed by atoms with van der Waals surface area (Å²) in [4.78, 5) is 0. The number of fused-ring (bicyclic) bond motifs is 3. The van der Waals surface area contributed by atoms with Crippen LogP contribution in [0.1, 0.15) is 11.1 Å². The van der Waals surface area contributed by atoms with Gasteiger partial charge < -0.3 is 0 Å². The van der Waals surface area contributed by atoms with Crippen LogP contribution in [0, 0.1) is 0 Å². The fourth-order valence-corrected chi connectivity index (χ4v) is 3.62. The van der Waals surface area contributed by atoms with Gasteiger partial charge in [0, 0.05) is 10.0 Å². The highest BCUT2D eigenvalue weighted by Gasteiger charge is 2.15. The third-order valence-electron chi connectivity index (χ3n) is 4.73. The van der Waals surface area contributed by atoms with Crippen LogP contribution in [0.25, 0.3) is 22.3 Å². The van der Waals surface area contributed by atoms with Crippen molar-refractivity contribution in [3.8, 4) is 22.3 Å². The Balaban J connectivity index is 0.000000134. The van der Waals surface area contributed by atoms with E-state index in [2.05, 4.69) is 48.5 Å². The van der Waals surface area contributed by atoms with Gasteiger partial charge in [-0.15, -0.1) is 0 Å². The van der Waals surface area contributed by atoms with E-state index in [-0.39, 0.29) is 0 Å². The molecule has 27 heavy (non-hydrogen) atoms. The van der Waals surface area contributed by atoms with Crippen LogP contribution in [0.5, 0.6) is 0 Å². The Hall–Kier alpha value is -2.54. The first-order chi connectivity index (χ1) is 13.2. The Bertz CT molecular complexity index is 961. The van der Waals surface area contributed by atoms with Crippen molar-refractivity contribution in [1.82, 2.24) is 0 Å². The lowest BCUT2D eigenvalue weighted by Crippen LogP contribution is -1.77. The highest BCUT2D eigenvalue weighted by atomic mass is 35.5. The van der Waals surface area contributed by atoms with Crippen molar-refractivity contribution in [2.45, 2.75) is 6.42 Å². The largest absolute Gasteiger partial charge is 0.0843 e. The molecule has 0 bridgehead atoms. The maximum Gasteiger partial charge on any atom is 0.0406 e. The SMILES string of the molecule is Clc1ccc(-c2ccc(Cl)cc2)cc1.c1ccc2c(c1)Cc1ccccc1-2. The van der Waals surface area contributed by atoms with Crippen molar-refractivity contribution >= 4 is 23.2 Å². The van der Waals surface area contributed by atoms with Gasteiger partial charge in [-0.25, -0.2) is 0 Å². The molecule has 0 saturated heterocycles. The normalized spacial score (nSPS) is 11.2. The van der Waals surface area contributed by atoms with Crippen LogP contribution in [-0.2, 0) is 6.42 Å². The topological polar surface area (TPSA) is 0 Å². The molecule has 0 nitrogen and oxygen atoms in total. The van der Waals surface area contributed by atoms with Crippen LogP contribution in [0.3, 0.4) is 0 Å². The summed E-state index contributed by atoms with van der Waals surface area (Å²) in [6.45, 7) is 0. The summed E-state index contributed by atoms with van der Waals surface area (Å²) in [6, 6.07) is 32.8. The van der Waals surface area contributed by atoms with Crippen LogP contribution in [0.4, 0.5) is 0 Å². The summed E-state index contributed by atoms with van der Waals surface area (Å²) in [5.74, 6) is 0. The first-order valence-corrected chi connectivity index (χ1v) is 9.64. The van der Waals surface area contributed by atoms with Crippen LogP contribution in [0.15, 0.2) is 97.1 Å². The molecule has 0 unspecified atom stereocenters. The molecule has 0 aliphatic heterocycles. The Morgan fingerprint density at radius 3 is 1.22 bits per heavy atom. The fraction of sp³-hybridized carbons (Fsp3) is 0.0400. The van der Waals surface area contributed by atoms with Crippen molar-refractivity contribution in [3.63, 3.8) is 0 Å². The number of benzene rings is 4. The lowest BCUT2D eigenvalue weighted by Gasteiger charge is -2.01. The third kappa shape index (κ3) is 4.08. The van der Waals surface area contributed by atoms with Crippen molar-refractivity contribution in [2.24, 2.45) is 0 Å². The van der Waals surface area contributed by atoms with Crippen LogP contribution in [0.2, 0.25) is 10.0 Å². The number of halogens is 2. The average Bonchev–Trinajstić information content (AvgIpc) is 3.09. The molecule has 0 amide bonds. The molecule has 0 saturated carbocycles. The van der Waals surface area contributed by atoms with Crippen LogP contribution >= 0.6 is 23.2 Å². The van der Waals surface area contributed by atoms with Gasteiger partial charge in [0.1, 0.15) is 0 Å². The Labute approximate surface area is 170 Å². The lowest BCUT2D eigenvalue weighted by atomic mass is 10.1. The molecule has 1 aliphatic rings. The average molecular weight is 389 g/mol. The summed E-state index contributed by atoms with van der Waals surface area (Å²) in [6.07, 6.45) is 1.10. The zero-order chi connectivity index (χ0) is 18.6. The predicted octanol–water partition coefficient (Wildman–Crippen LogP) is 7.92. The first kappa shape index (κ1) is 17.9. The zero-order valence-corrected chi connectivity index (χ0v) is 16.2. The molecule has 0 N–H and O–H groups in total. The standard InChI is InChI=1S/C13H10.C12H8Cl2/c1-3-7-12-10(5-1)9-11-6-2-4-8-13(11)12;13-11-5-1-9(2-6-11)10-3-7-12(14)8-4-10/h1-8H,9H2;1-8H. The van der Waals surface area contributed by atoms with Gasteiger partial charge in [-0.3, -0.25) is 0 Å². The van der Waals surface area contributed by atoms with Crippen molar-refractivity contribution in [1.29, 1.82) is 0 Å². The third-order valence-corrected chi connectivity index (χ3v) is 5.23. The molecule has 0 aromatic heterocycles. The molecule has 0 fully saturated rings. The Kier molecular flexibility index (Phi) is 5.29. The number of rotatable bonds is 1. The Morgan fingerprint density at radius 1 is 0.444 bits per heavy atom. The van der Waals surface area contributed by atoms with Gasteiger partial charge >= 0.3 is 0 Å². The smallest absolute Gasteiger partial charge is 0.0406 e. The van der Waals surface area contributed by atoms with Crippen LogP contribution in [-0.4, -0.2) is 0 Å². The van der Waals surface area contributed by atoms with E-state index < -0.39 is 0 Å². The molecular weight excluding hydrogens is 371 g/mol. The molecule has 0 heterocycles. The summed E-state index contributed by atoms with van der Waals surface area (Å²) in [5, 5.41) is 1.51. The maximum absolute atomic E-state index is 5.80. The van der Waals surface area contributed by atoms with E-state index in [0.717, 1.165) is 27.6 Å². The molecule has 4 aromatic rings. The zero-order valence-electron chi connectivity index (χ0n) is 14.7. The molecule has 132 valence electrons. The van der Waals surface area contributed by atoms with E-state index in [1.54, 1.807) is 0 Å². The predicted molar refractivity (Wildman–Crippen MR) is 117 cm³/mol. The second-order valence-electron chi connectivity index (χ2n) is 6.50. The van der Waals surface area contributed by atoms with Gasteiger partial charge in [0.05, 0.1) is 0 Å². The maximum atomic E-state index is 5.80. The van der Waals surface area contributed by atoms with Crippen LogP contribution < -0.4 is 0 Å². The molecule has 0 radical (unpaired) electrons. The number of hydrogen-bond acceptors (Lipinski definition) is 0. The van der Waals surface area contributed by atoms with Gasteiger partial charge in [-0.2, -0.15) is 0 Å². The van der Waals surface area contributed by atoms with Crippen molar-refractivity contribution in [3.05, 3.63) is 118 Å². The molecule has 1 aliphatic carbocycles. The molecule has 4 aromatic carbocycles. The molecule has 2 heteroatoms. The highest BCUT2D eigenvalue weighted by Crippen LogP contribution is 2.35. The minimum atomic E-state index is 0.753. The van der Waals surface area contributed by atoms with E-state index in [1.165, 1.54) is 22.3 Å². The van der Waals surface area contributed by atoms with E-state index in [1.807, 2.05) is 48.5 Å². The molecular formula is C25H18Cl2. The monoisotopic (exact) mass is 388 g/mol. The summed E-state index contributed by atoms with van der Waals surface area (Å²) in [7, 11) is 0. The number of hydrogen-bond donors (Lipinski definition) is 0. The molecule has 0 atom stereocenters. The highest BCUT2D eigenvalue weighted by molar-refractivity contribution is 6.31. The molecule has 5 rings (SSSR count). The van der Waals surface area contributed by atoms with E-state index in [9.17, 15) is 0 Å². The van der Waals surface area contributed by atoms with Gasteiger partial charge in [-0.1, -0.05) is 96.0 Å². The van der Waals surface area contributed by atoms with E-state index in [4.69, 9.17) is 23.2 Å². The van der Waals surface area contributed by atoms with Gasteiger partial charge in [0.25, 0.3) is 0 Å². The Morgan fingerprint density at radius 2 is 0.815 bits per heavy atom. The first-order valence-electron chi connectivity index (χ1n) is 8.88. The molecule has 0 spiro atoms.